The molecule has 0 spiro atoms. The van der Waals surface area contributed by atoms with Gasteiger partial charge in [0.2, 0.25) is 0 Å². The third kappa shape index (κ3) is 6.15. The standard InChI is InChI=1S/C23H38O4/c1-27-21-12-6-17(7-13-21)3-9-19-14-18(22(25)15-23(19)26)8-2-16-4-10-20(24)11-5-16/h2-3,8-9,16-26H,4-7,10-15H2,1H3/b8-2+,9-3+. The molecule has 0 aliphatic heterocycles. The molecular formula is C23H38O4. The van der Waals surface area contributed by atoms with Crippen LogP contribution in [0.2, 0.25) is 0 Å². The second-order valence-corrected chi connectivity index (χ2v) is 9.04. The maximum atomic E-state index is 10.4. The van der Waals surface area contributed by atoms with Crippen molar-refractivity contribution in [1.82, 2.24) is 0 Å². The van der Waals surface area contributed by atoms with Gasteiger partial charge < -0.3 is 20.1 Å². The number of ether oxygens (including phenoxy) is 1. The highest BCUT2D eigenvalue weighted by Gasteiger charge is 2.33. The van der Waals surface area contributed by atoms with Gasteiger partial charge in [0.25, 0.3) is 0 Å². The van der Waals surface area contributed by atoms with E-state index in [-0.39, 0.29) is 17.9 Å². The van der Waals surface area contributed by atoms with Gasteiger partial charge in [0.15, 0.2) is 0 Å². The molecule has 154 valence electrons. The quantitative estimate of drug-likeness (QED) is 0.639. The van der Waals surface area contributed by atoms with Crippen LogP contribution in [0, 0.1) is 23.7 Å². The highest BCUT2D eigenvalue weighted by Crippen LogP contribution is 2.34. The van der Waals surface area contributed by atoms with Crippen molar-refractivity contribution in [2.45, 2.75) is 88.6 Å². The normalized spacial score (nSPS) is 44.1. The maximum absolute atomic E-state index is 10.4. The van der Waals surface area contributed by atoms with Gasteiger partial charge in [0.05, 0.1) is 24.4 Å². The summed E-state index contributed by atoms with van der Waals surface area (Å²) in [6.07, 6.45) is 18.1. The Bertz CT molecular complexity index is 487. The largest absolute Gasteiger partial charge is 0.393 e. The number of hydrogen-bond acceptors (Lipinski definition) is 4. The first-order chi connectivity index (χ1) is 13.0. The van der Waals surface area contributed by atoms with Crippen molar-refractivity contribution >= 4 is 0 Å². The average Bonchev–Trinajstić information content (AvgIpc) is 2.68. The van der Waals surface area contributed by atoms with Crippen LogP contribution in [0.3, 0.4) is 0 Å². The summed E-state index contributed by atoms with van der Waals surface area (Å²) in [4.78, 5) is 0. The lowest BCUT2D eigenvalue weighted by atomic mass is 9.75. The molecule has 4 heteroatoms. The van der Waals surface area contributed by atoms with Gasteiger partial charge in [0.1, 0.15) is 0 Å². The lowest BCUT2D eigenvalue weighted by Crippen LogP contribution is -2.37. The zero-order valence-corrected chi connectivity index (χ0v) is 16.7. The van der Waals surface area contributed by atoms with E-state index in [0.717, 1.165) is 57.8 Å². The minimum Gasteiger partial charge on any atom is -0.393 e. The van der Waals surface area contributed by atoms with E-state index in [9.17, 15) is 15.3 Å². The summed E-state index contributed by atoms with van der Waals surface area (Å²) in [5.41, 5.74) is 0. The zero-order chi connectivity index (χ0) is 19.2. The van der Waals surface area contributed by atoms with Crippen LogP contribution in [-0.2, 0) is 4.74 Å². The first kappa shape index (κ1) is 21.0. The highest BCUT2D eigenvalue weighted by molar-refractivity contribution is 5.05. The number of hydrogen-bond donors (Lipinski definition) is 3. The average molecular weight is 379 g/mol. The molecule has 4 nitrogen and oxygen atoms in total. The summed E-state index contributed by atoms with van der Waals surface area (Å²) in [5.74, 6) is 1.38. The molecule has 27 heavy (non-hydrogen) atoms. The van der Waals surface area contributed by atoms with Crippen molar-refractivity contribution in [2.75, 3.05) is 7.11 Å². The Morgan fingerprint density at radius 3 is 1.59 bits per heavy atom. The van der Waals surface area contributed by atoms with Crippen LogP contribution >= 0.6 is 0 Å². The van der Waals surface area contributed by atoms with Crippen molar-refractivity contribution in [3.8, 4) is 0 Å². The van der Waals surface area contributed by atoms with Gasteiger partial charge in [-0.05, 0) is 69.6 Å². The number of methoxy groups -OCH3 is 1. The summed E-state index contributed by atoms with van der Waals surface area (Å²) >= 11 is 0. The van der Waals surface area contributed by atoms with Gasteiger partial charge >= 0.3 is 0 Å². The molecule has 3 aliphatic rings. The minimum atomic E-state index is -0.452. The lowest BCUT2D eigenvalue weighted by molar-refractivity contribution is -0.00766. The van der Waals surface area contributed by atoms with Gasteiger partial charge in [0, 0.05) is 25.4 Å². The van der Waals surface area contributed by atoms with Crippen LogP contribution in [0.15, 0.2) is 24.3 Å². The van der Waals surface area contributed by atoms with Crippen molar-refractivity contribution < 1.29 is 20.1 Å². The molecule has 0 saturated heterocycles. The maximum Gasteiger partial charge on any atom is 0.0627 e. The summed E-state index contributed by atoms with van der Waals surface area (Å²) in [6.45, 7) is 0. The van der Waals surface area contributed by atoms with Crippen molar-refractivity contribution in [2.24, 2.45) is 23.7 Å². The van der Waals surface area contributed by atoms with Crippen LogP contribution in [0.4, 0.5) is 0 Å². The monoisotopic (exact) mass is 378 g/mol. The molecule has 0 radical (unpaired) electrons. The first-order valence-electron chi connectivity index (χ1n) is 11.0. The summed E-state index contributed by atoms with van der Waals surface area (Å²) in [7, 11) is 1.80. The molecule has 0 aromatic rings. The molecule has 4 atom stereocenters. The smallest absolute Gasteiger partial charge is 0.0627 e. The molecule has 4 unspecified atom stereocenters. The van der Waals surface area contributed by atoms with Crippen LogP contribution < -0.4 is 0 Å². The number of aliphatic hydroxyl groups excluding tert-OH is 3. The Kier molecular flexibility index (Phi) is 7.95. The number of rotatable bonds is 5. The van der Waals surface area contributed by atoms with Gasteiger partial charge in [-0.1, -0.05) is 24.3 Å². The van der Waals surface area contributed by atoms with Gasteiger partial charge in [-0.2, -0.15) is 0 Å². The topological polar surface area (TPSA) is 69.9 Å². The Hall–Kier alpha value is -0.680. The molecule has 3 saturated carbocycles. The fraction of sp³-hybridized carbons (Fsp3) is 0.826. The van der Waals surface area contributed by atoms with Gasteiger partial charge in [-0.25, -0.2) is 0 Å². The molecule has 3 rings (SSSR count). The third-order valence-electron chi connectivity index (χ3n) is 7.07. The van der Waals surface area contributed by atoms with Crippen LogP contribution in [0.1, 0.15) is 64.2 Å². The molecule has 3 fully saturated rings. The molecule has 0 aromatic carbocycles. The third-order valence-corrected chi connectivity index (χ3v) is 7.07. The molecule has 0 bridgehead atoms. The molecule has 3 N–H and O–H groups in total. The predicted molar refractivity (Wildman–Crippen MR) is 107 cm³/mol. The second-order valence-electron chi connectivity index (χ2n) is 9.04. The van der Waals surface area contributed by atoms with Crippen molar-refractivity contribution in [3.63, 3.8) is 0 Å². The Balaban J connectivity index is 1.51. The number of allylic oxidation sites excluding steroid dienone is 2. The van der Waals surface area contributed by atoms with Crippen LogP contribution in [0.25, 0.3) is 0 Å². The summed E-state index contributed by atoms with van der Waals surface area (Å²) in [5, 5.41) is 30.5. The fourth-order valence-corrected chi connectivity index (χ4v) is 5.05. The Labute approximate surface area is 164 Å². The van der Waals surface area contributed by atoms with E-state index in [1.807, 2.05) is 0 Å². The van der Waals surface area contributed by atoms with Gasteiger partial charge in [-0.3, -0.25) is 0 Å². The lowest BCUT2D eigenvalue weighted by Gasteiger charge is -2.35. The minimum absolute atomic E-state index is 0.124. The molecule has 0 amide bonds. The Morgan fingerprint density at radius 2 is 1.11 bits per heavy atom. The highest BCUT2D eigenvalue weighted by atomic mass is 16.5. The van der Waals surface area contributed by atoms with Gasteiger partial charge in [-0.15, -0.1) is 0 Å². The second kappa shape index (κ2) is 10.2. The molecular weight excluding hydrogens is 340 g/mol. The van der Waals surface area contributed by atoms with E-state index in [4.69, 9.17) is 4.74 Å². The summed E-state index contributed by atoms with van der Waals surface area (Å²) < 4.78 is 5.45. The molecule has 3 aliphatic carbocycles. The van der Waals surface area contributed by atoms with E-state index in [1.54, 1.807) is 7.11 Å². The van der Waals surface area contributed by atoms with Crippen molar-refractivity contribution in [3.05, 3.63) is 24.3 Å². The fourth-order valence-electron chi connectivity index (χ4n) is 5.05. The van der Waals surface area contributed by atoms with E-state index in [2.05, 4.69) is 24.3 Å². The SMILES string of the molecule is COC1CCC(/C=C/C2CC(/C=C/C3CCC(O)CC3)C(O)CC2O)CC1. The Morgan fingerprint density at radius 1 is 0.630 bits per heavy atom. The van der Waals surface area contributed by atoms with E-state index in [0.29, 0.717) is 24.4 Å². The van der Waals surface area contributed by atoms with Crippen LogP contribution in [0.5, 0.6) is 0 Å². The molecule has 0 heterocycles. The number of aliphatic hydroxyl groups is 3. The summed E-state index contributed by atoms with van der Waals surface area (Å²) in [6, 6.07) is 0. The molecule has 0 aromatic heterocycles. The zero-order valence-electron chi connectivity index (χ0n) is 16.7. The van der Waals surface area contributed by atoms with Crippen molar-refractivity contribution in [1.29, 1.82) is 0 Å². The van der Waals surface area contributed by atoms with E-state index >= 15 is 0 Å². The van der Waals surface area contributed by atoms with Crippen LogP contribution in [-0.4, -0.2) is 46.8 Å². The predicted octanol–water partition coefficient (Wildman–Crippen LogP) is 3.60. The van der Waals surface area contributed by atoms with E-state index in [1.165, 1.54) is 0 Å². The van der Waals surface area contributed by atoms with E-state index < -0.39 is 12.2 Å². The first-order valence-corrected chi connectivity index (χ1v) is 11.0.